The number of rotatable bonds is 10. The summed E-state index contributed by atoms with van der Waals surface area (Å²) in [5, 5.41) is 13.1. The lowest BCUT2D eigenvalue weighted by Gasteiger charge is -2.45. The van der Waals surface area contributed by atoms with Crippen LogP contribution in [0.5, 0.6) is 0 Å². The van der Waals surface area contributed by atoms with Crippen LogP contribution in [0.3, 0.4) is 0 Å². The van der Waals surface area contributed by atoms with Crippen LogP contribution in [0, 0.1) is 6.04 Å². The molecule has 3 nitrogen and oxygen atoms in total. The van der Waals surface area contributed by atoms with Crippen molar-refractivity contribution in [1.29, 1.82) is 0 Å². The Bertz CT molecular complexity index is 199. The number of aliphatic hydroxyl groups excluding tert-OH is 1. The minimum absolute atomic E-state index is 0.0394. The van der Waals surface area contributed by atoms with E-state index >= 15 is 0 Å². The Hall–Kier alpha value is -0.120. The molecule has 0 rings (SSSR count). The van der Waals surface area contributed by atoms with Crippen molar-refractivity contribution in [3.05, 3.63) is 6.04 Å². The monoisotopic (exact) mass is 257 g/mol. The topological polar surface area (TPSA) is 35.5 Å². The normalized spacial score (nSPS) is 14.5. The summed E-state index contributed by atoms with van der Waals surface area (Å²) in [6.07, 6.45) is 2.90. The largest absolute Gasteiger partial charge is 0.392 e. The first kappa shape index (κ1) is 17.9. The van der Waals surface area contributed by atoms with Crippen LogP contribution < -0.4 is 5.32 Å². The molecule has 0 aliphatic carbocycles. The molecule has 0 aromatic carbocycles. The van der Waals surface area contributed by atoms with Crippen LogP contribution >= 0.6 is 0 Å². The van der Waals surface area contributed by atoms with Gasteiger partial charge in [0.2, 0.25) is 0 Å². The summed E-state index contributed by atoms with van der Waals surface area (Å²) in [6, 6.07) is 1.48. The Morgan fingerprint density at radius 2 is 1.61 bits per heavy atom. The van der Waals surface area contributed by atoms with Gasteiger partial charge < -0.3 is 10.4 Å². The summed E-state index contributed by atoms with van der Waals surface area (Å²) in [5.41, 5.74) is 0.0394. The van der Waals surface area contributed by atoms with Gasteiger partial charge in [-0.3, -0.25) is 4.90 Å². The first-order chi connectivity index (χ1) is 8.51. The molecule has 0 aliphatic heterocycles. The van der Waals surface area contributed by atoms with Crippen molar-refractivity contribution in [2.24, 2.45) is 0 Å². The third kappa shape index (κ3) is 4.52. The minimum Gasteiger partial charge on any atom is -0.392 e. The molecule has 0 bridgehead atoms. The molecule has 0 fully saturated rings. The van der Waals surface area contributed by atoms with E-state index in [9.17, 15) is 5.11 Å². The number of nitrogens with zero attached hydrogens (tertiary/aromatic N) is 1. The molecule has 0 aromatic heterocycles. The molecule has 18 heavy (non-hydrogen) atoms. The molecule has 3 heteroatoms. The van der Waals surface area contributed by atoms with Gasteiger partial charge in [-0.2, -0.15) is 0 Å². The molecule has 0 saturated heterocycles. The van der Waals surface area contributed by atoms with Crippen LogP contribution in [0.2, 0.25) is 0 Å². The number of aliphatic hydroxyl groups is 1. The summed E-state index contributed by atoms with van der Waals surface area (Å²) >= 11 is 0. The van der Waals surface area contributed by atoms with E-state index in [2.05, 4.69) is 44.8 Å². The van der Waals surface area contributed by atoms with Crippen molar-refractivity contribution in [2.75, 3.05) is 19.6 Å². The summed E-state index contributed by atoms with van der Waals surface area (Å²) in [5.74, 6) is 0. The summed E-state index contributed by atoms with van der Waals surface area (Å²) in [6.45, 7) is 15.7. The Morgan fingerprint density at radius 1 is 1.11 bits per heavy atom. The van der Waals surface area contributed by atoms with E-state index in [-0.39, 0.29) is 11.6 Å². The molecule has 0 spiro atoms. The molecule has 0 aromatic rings. The average Bonchev–Trinajstić information content (AvgIpc) is 2.38. The zero-order valence-corrected chi connectivity index (χ0v) is 13.2. The lowest BCUT2D eigenvalue weighted by atomic mass is 9.81. The maximum absolute atomic E-state index is 9.53. The third-order valence-corrected chi connectivity index (χ3v) is 3.98. The van der Waals surface area contributed by atoms with Gasteiger partial charge in [0.15, 0.2) is 0 Å². The van der Waals surface area contributed by atoms with Gasteiger partial charge in [-0.05, 0) is 39.3 Å². The SMILES string of the molecule is CC[C](N(CC)CC)C(CC)(CC)NCC(C)O. The van der Waals surface area contributed by atoms with Gasteiger partial charge in [0.1, 0.15) is 0 Å². The van der Waals surface area contributed by atoms with Gasteiger partial charge >= 0.3 is 0 Å². The second-order valence-electron chi connectivity index (χ2n) is 4.99. The molecule has 1 atom stereocenters. The molecule has 109 valence electrons. The van der Waals surface area contributed by atoms with Crippen LogP contribution in [0.25, 0.3) is 0 Å². The standard InChI is InChI=1S/C15H33N2O/c1-7-14(17(10-4)11-5)15(8-2,9-3)16-12-13(6)18/h13,16,18H,7-12H2,1-6H3. The van der Waals surface area contributed by atoms with Gasteiger partial charge in [0.05, 0.1) is 12.1 Å². The van der Waals surface area contributed by atoms with Crippen molar-refractivity contribution < 1.29 is 5.11 Å². The predicted molar refractivity (Wildman–Crippen MR) is 79.5 cm³/mol. The molecule has 0 aliphatic rings. The van der Waals surface area contributed by atoms with Gasteiger partial charge in [0.25, 0.3) is 0 Å². The van der Waals surface area contributed by atoms with Crippen molar-refractivity contribution >= 4 is 0 Å². The number of hydrogen-bond acceptors (Lipinski definition) is 3. The molecule has 0 amide bonds. The second kappa shape index (κ2) is 8.89. The van der Waals surface area contributed by atoms with E-state index in [4.69, 9.17) is 0 Å². The fourth-order valence-corrected chi connectivity index (χ4v) is 2.82. The van der Waals surface area contributed by atoms with Crippen LogP contribution in [0.1, 0.15) is 60.8 Å². The fourth-order valence-electron chi connectivity index (χ4n) is 2.82. The maximum atomic E-state index is 9.53. The Morgan fingerprint density at radius 3 is 1.89 bits per heavy atom. The fraction of sp³-hybridized carbons (Fsp3) is 0.933. The molecule has 2 N–H and O–H groups in total. The van der Waals surface area contributed by atoms with Crippen molar-refractivity contribution in [2.45, 2.75) is 72.4 Å². The van der Waals surface area contributed by atoms with E-state index in [0.29, 0.717) is 6.54 Å². The number of β-amino-alcohol motifs (C(OH)–C–C–N with tert-alkyl or cyclic N) is 1. The van der Waals surface area contributed by atoms with E-state index in [1.165, 1.54) is 6.04 Å². The molecule has 0 saturated carbocycles. The first-order valence-corrected chi connectivity index (χ1v) is 7.55. The molecule has 1 unspecified atom stereocenters. The van der Waals surface area contributed by atoms with Crippen molar-refractivity contribution in [3.8, 4) is 0 Å². The van der Waals surface area contributed by atoms with Crippen molar-refractivity contribution in [1.82, 2.24) is 10.2 Å². The lowest BCUT2D eigenvalue weighted by molar-refractivity contribution is 0.137. The smallest absolute Gasteiger partial charge is 0.0636 e. The highest BCUT2D eigenvalue weighted by Gasteiger charge is 2.37. The highest BCUT2D eigenvalue weighted by atomic mass is 16.3. The van der Waals surface area contributed by atoms with Gasteiger partial charge in [-0.15, -0.1) is 0 Å². The Labute approximate surface area is 114 Å². The van der Waals surface area contributed by atoms with Gasteiger partial charge in [-0.25, -0.2) is 0 Å². The van der Waals surface area contributed by atoms with Crippen LogP contribution in [0.15, 0.2) is 0 Å². The molecule has 0 heterocycles. The van der Waals surface area contributed by atoms with Gasteiger partial charge in [0, 0.05) is 12.1 Å². The number of hydrogen-bond donors (Lipinski definition) is 2. The highest BCUT2D eigenvalue weighted by molar-refractivity contribution is 5.11. The molecule has 1 radical (unpaired) electrons. The number of nitrogens with one attached hydrogen (secondary N) is 1. The Balaban J connectivity index is 4.99. The summed E-state index contributed by atoms with van der Waals surface area (Å²) < 4.78 is 0. The van der Waals surface area contributed by atoms with Crippen LogP contribution in [-0.2, 0) is 0 Å². The van der Waals surface area contributed by atoms with Crippen molar-refractivity contribution in [3.63, 3.8) is 0 Å². The zero-order chi connectivity index (χ0) is 14.2. The van der Waals surface area contributed by atoms with E-state index < -0.39 is 0 Å². The predicted octanol–water partition coefficient (Wildman–Crippen LogP) is 2.80. The highest BCUT2D eigenvalue weighted by Crippen LogP contribution is 2.32. The maximum Gasteiger partial charge on any atom is 0.0636 e. The lowest BCUT2D eigenvalue weighted by Crippen LogP contribution is -2.56. The van der Waals surface area contributed by atoms with Crippen LogP contribution in [-0.4, -0.2) is 41.3 Å². The molecular weight excluding hydrogens is 224 g/mol. The van der Waals surface area contributed by atoms with Crippen LogP contribution in [0.4, 0.5) is 0 Å². The first-order valence-electron chi connectivity index (χ1n) is 7.55. The van der Waals surface area contributed by atoms with Gasteiger partial charge in [-0.1, -0.05) is 34.6 Å². The van der Waals surface area contributed by atoms with E-state index in [0.717, 1.165) is 32.4 Å². The number of likely N-dealkylation sites (N-methyl/N-ethyl adjacent to an activating group) is 1. The average molecular weight is 257 g/mol. The van der Waals surface area contributed by atoms with E-state index in [1.807, 2.05) is 6.92 Å². The minimum atomic E-state index is -0.294. The zero-order valence-electron chi connectivity index (χ0n) is 13.2. The quantitative estimate of drug-likeness (QED) is 0.632. The summed E-state index contributed by atoms with van der Waals surface area (Å²) in [7, 11) is 0. The second-order valence-corrected chi connectivity index (χ2v) is 4.99. The third-order valence-electron chi connectivity index (χ3n) is 3.98. The molecular formula is C15H33N2O. The summed E-state index contributed by atoms with van der Waals surface area (Å²) in [4.78, 5) is 2.46. The Kier molecular flexibility index (Phi) is 8.83. The van der Waals surface area contributed by atoms with E-state index in [1.54, 1.807) is 0 Å².